The van der Waals surface area contributed by atoms with Crippen LogP contribution in [0.3, 0.4) is 0 Å². The van der Waals surface area contributed by atoms with E-state index in [0.717, 1.165) is 6.42 Å². The normalized spacial score (nSPS) is 12.9. The highest BCUT2D eigenvalue weighted by atomic mass is 14.0. The van der Waals surface area contributed by atoms with Crippen molar-refractivity contribution in [1.82, 2.24) is 0 Å². The highest BCUT2D eigenvalue weighted by Gasteiger charge is 1.95. The summed E-state index contributed by atoms with van der Waals surface area (Å²) in [4.78, 5) is 0. The first-order chi connectivity index (χ1) is 9.86. The van der Waals surface area contributed by atoms with E-state index in [4.69, 9.17) is 0 Å². The molecule has 2 aromatic carbocycles. The zero-order valence-electron chi connectivity index (χ0n) is 11.9. The third-order valence-electron chi connectivity index (χ3n) is 3.04. The SMILES string of the molecule is C1=CCC=C(c2ccccc2)C=C1.Cc1ccccc1. The van der Waals surface area contributed by atoms with Gasteiger partial charge in [-0.25, -0.2) is 0 Å². The van der Waals surface area contributed by atoms with Crippen molar-refractivity contribution in [3.63, 3.8) is 0 Å². The molecule has 0 aliphatic heterocycles. The molecule has 0 saturated heterocycles. The van der Waals surface area contributed by atoms with E-state index >= 15 is 0 Å². The van der Waals surface area contributed by atoms with E-state index in [9.17, 15) is 0 Å². The molecule has 0 atom stereocenters. The number of rotatable bonds is 1. The van der Waals surface area contributed by atoms with Crippen LogP contribution in [0.2, 0.25) is 0 Å². The minimum Gasteiger partial charge on any atom is -0.0807 e. The van der Waals surface area contributed by atoms with E-state index < -0.39 is 0 Å². The van der Waals surface area contributed by atoms with Crippen LogP contribution in [0, 0.1) is 6.92 Å². The van der Waals surface area contributed by atoms with Crippen molar-refractivity contribution in [3.8, 4) is 0 Å². The van der Waals surface area contributed by atoms with Crippen molar-refractivity contribution < 1.29 is 0 Å². The van der Waals surface area contributed by atoms with Crippen LogP contribution in [0.1, 0.15) is 17.5 Å². The summed E-state index contributed by atoms with van der Waals surface area (Å²) in [5, 5.41) is 0. The van der Waals surface area contributed by atoms with Gasteiger partial charge in [0.2, 0.25) is 0 Å². The van der Waals surface area contributed by atoms with E-state index in [0.29, 0.717) is 0 Å². The highest BCUT2D eigenvalue weighted by molar-refractivity contribution is 5.74. The first kappa shape index (κ1) is 14.1. The summed E-state index contributed by atoms with van der Waals surface area (Å²) in [6.45, 7) is 2.08. The molecule has 0 fully saturated rings. The summed E-state index contributed by atoms with van der Waals surface area (Å²) < 4.78 is 0. The Bertz CT molecular complexity index is 586. The Morgan fingerprint density at radius 2 is 1.40 bits per heavy atom. The maximum Gasteiger partial charge on any atom is -0.0157 e. The molecule has 0 aromatic heterocycles. The molecule has 0 bridgehead atoms. The molecule has 0 N–H and O–H groups in total. The Kier molecular flexibility index (Phi) is 5.60. The van der Waals surface area contributed by atoms with Crippen LogP contribution in [0.5, 0.6) is 0 Å². The first-order valence-electron chi connectivity index (χ1n) is 6.97. The Morgan fingerprint density at radius 1 is 0.750 bits per heavy atom. The van der Waals surface area contributed by atoms with Gasteiger partial charge in [0.25, 0.3) is 0 Å². The molecule has 100 valence electrons. The molecule has 20 heavy (non-hydrogen) atoms. The molecular formula is C20H20. The van der Waals surface area contributed by atoms with Crippen LogP contribution >= 0.6 is 0 Å². The molecular weight excluding hydrogens is 240 g/mol. The van der Waals surface area contributed by atoms with Gasteiger partial charge >= 0.3 is 0 Å². The molecule has 0 radical (unpaired) electrons. The molecule has 0 spiro atoms. The summed E-state index contributed by atoms with van der Waals surface area (Å²) in [6.07, 6.45) is 11.8. The third-order valence-corrected chi connectivity index (χ3v) is 3.04. The Labute approximate surface area is 121 Å². The van der Waals surface area contributed by atoms with E-state index in [1.165, 1.54) is 16.7 Å². The maximum absolute atomic E-state index is 2.25. The van der Waals surface area contributed by atoms with Gasteiger partial charge in [-0.15, -0.1) is 0 Å². The summed E-state index contributed by atoms with van der Waals surface area (Å²) >= 11 is 0. The molecule has 0 nitrogen and oxygen atoms in total. The summed E-state index contributed by atoms with van der Waals surface area (Å²) in [6, 6.07) is 20.7. The predicted octanol–water partition coefficient (Wildman–Crippen LogP) is 5.58. The smallest absolute Gasteiger partial charge is 0.0157 e. The van der Waals surface area contributed by atoms with Gasteiger partial charge in [-0.2, -0.15) is 0 Å². The van der Waals surface area contributed by atoms with E-state index in [-0.39, 0.29) is 0 Å². The van der Waals surface area contributed by atoms with E-state index in [2.05, 4.69) is 73.7 Å². The van der Waals surface area contributed by atoms with Crippen LogP contribution in [0.25, 0.3) is 5.57 Å². The van der Waals surface area contributed by atoms with Crippen LogP contribution in [0.4, 0.5) is 0 Å². The molecule has 1 aliphatic rings. The minimum absolute atomic E-state index is 1.03. The molecule has 0 saturated carbocycles. The fourth-order valence-electron chi connectivity index (χ4n) is 1.96. The Hall–Kier alpha value is -2.34. The lowest BCUT2D eigenvalue weighted by Crippen LogP contribution is -1.78. The quantitative estimate of drug-likeness (QED) is 0.627. The van der Waals surface area contributed by atoms with Gasteiger partial charge in [-0.05, 0) is 24.5 Å². The Morgan fingerprint density at radius 3 is 2.00 bits per heavy atom. The second-order valence-corrected chi connectivity index (χ2v) is 4.70. The van der Waals surface area contributed by atoms with Crippen molar-refractivity contribution in [2.45, 2.75) is 13.3 Å². The third kappa shape index (κ3) is 4.74. The molecule has 0 unspecified atom stereocenters. The largest absolute Gasteiger partial charge is 0.0807 e. The second kappa shape index (κ2) is 7.96. The fraction of sp³-hybridized carbons (Fsp3) is 0.100. The number of benzene rings is 2. The van der Waals surface area contributed by atoms with Gasteiger partial charge in [0.15, 0.2) is 0 Å². The summed E-state index contributed by atoms with van der Waals surface area (Å²) in [5.41, 5.74) is 3.93. The number of hydrogen-bond donors (Lipinski definition) is 0. The van der Waals surface area contributed by atoms with Gasteiger partial charge in [0, 0.05) is 0 Å². The van der Waals surface area contributed by atoms with Crippen molar-refractivity contribution in [2.24, 2.45) is 0 Å². The molecule has 1 aliphatic carbocycles. The standard InChI is InChI=1S/C13H12.C7H8/c1-2-5-9-12(8-4-1)13-10-6-3-7-11-13;1-7-5-3-2-4-6-7/h1-4,6-11H,5H2;2-6H,1H3. The maximum atomic E-state index is 2.25. The van der Waals surface area contributed by atoms with Crippen LogP contribution in [0.15, 0.2) is 91.0 Å². The van der Waals surface area contributed by atoms with Crippen molar-refractivity contribution in [2.75, 3.05) is 0 Å². The van der Waals surface area contributed by atoms with Gasteiger partial charge < -0.3 is 0 Å². The van der Waals surface area contributed by atoms with Gasteiger partial charge in [0.1, 0.15) is 0 Å². The molecule has 3 rings (SSSR count). The zero-order valence-corrected chi connectivity index (χ0v) is 11.9. The average molecular weight is 260 g/mol. The number of hydrogen-bond acceptors (Lipinski definition) is 0. The van der Waals surface area contributed by atoms with Gasteiger partial charge in [-0.3, -0.25) is 0 Å². The molecule has 0 amide bonds. The lowest BCUT2D eigenvalue weighted by molar-refractivity contribution is 1.40. The minimum atomic E-state index is 1.03. The highest BCUT2D eigenvalue weighted by Crippen LogP contribution is 2.17. The summed E-state index contributed by atoms with van der Waals surface area (Å²) in [7, 11) is 0. The average Bonchev–Trinajstić information content (AvgIpc) is 2.79. The number of allylic oxidation sites excluding steroid dienone is 6. The topological polar surface area (TPSA) is 0 Å². The van der Waals surface area contributed by atoms with Gasteiger partial charge in [0.05, 0.1) is 0 Å². The second-order valence-electron chi connectivity index (χ2n) is 4.70. The molecule has 2 aromatic rings. The van der Waals surface area contributed by atoms with E-state index in [1.54, 1.807) is 0 Å². The first-order valence-corrected chi connectivity index (χ1v) is 6.97. The monoisotopic (exact) mass is 260 g/mol. The fourth-order valence-corrected chi connectivity index (χ4v) is 1.96. The predicted molar refractivity (Wildman–Crippen MR) is 88.5 cm³/mol. The summed E-state index contributed by atoms with van der Waals surface area (Å²) in [5.74, 6) is 0. The molecule has 0 heteroatoms. The van der Waals surface area contributed by atoms with E-state index in [1.807, 2.05) is 24.3 Å². The lowest BCUT2D eigenvalue weighted by Gasteiger charge is -2.00. The van der Waals surface area contributed by atoms with Gasteiger partial charge in [-0.1, -0.05) is 96.6 Å². The zero-order chi connectivity index (χ0) is 14.0. The van der Waals surface area contributed by atoms with Crippen molar-refractivity contribution in [1.29, 1.82) is 0 Å². The van der Waals surface area contributed by atoms with Crippen LogP contribution < -0.4 is 0 Å². The number of aryl methyl sites for hydroxylation is 1. The van der Waals surface area contributed by atoms with Crippen LogP contribution in [-0.2, 0) is 0 Å². The van der Waals surface area contributed by atoms with Crippen molar-refractivity contribution >= 4 is 5.57 Å². The Balaban J connectivity index is 0.000000178. The van der Waals surface area contributed by atoms with Crippen molar-refractivity contribution in [3.05, 3.63) is 102 Å². The van der Waals surface area contributed by atoms with Crippen LogP contribution in [-0.4, -0.2) is 0 Å². The molecule has 0 heterocycles. The lowest BCUT2D eigenvalue weighted by atomic mass is 10.1.